The summed E-state index contributed by atoms with van der Waals surface area (Å²) in [5.41, 5.74) is 0.849. The maximum atomic E-state index is 13.9. The Labute approximate surface area is 134 Å². The number of carboxylic acids is 1. The fourth-order valence-electron chi connectivity index (χ4n) is 2.35. The van der Waals surface area contributed by atoms with Crippen LogP contribution in [0.5, 0.6) is 0 Å². The number of fused-ring (bicyclic) bond motifs is 1. The summed E-state index contributed by atoms with van der Waals surface area (Å²) in [5, 5.41) is 12.2. The molecule has 2 aromatic carbocycles. The third-order valence-electron chi connectivity index (χ3n) is 3.41. The number of hydrogen-bond acceptors (Lipinski definition) is 3. The fraction of sp³-hybridized carbons (Fsp3) is 0.0588. The minimum Gasteiger partial charge on any atom is -0.481 e. The van der Waals surface area contributed by atoms with Crippen LogP contribution in [0.25, 0.3) is 10.9 Å². The number of carbonyl (C=O) groups is 1. The molecule has 7 heteroatoms. The first kappa shape index (κ1) is 15.8. The molecular weight excluding hydrogens is 321 g/mol. The summed E-state index contributed by atoms with van der Waals surface area (Å²) in [6.45, 7) is 0. The lowest BCUT2D eigenvalue weighted by Gasteiger charge is -2.12. The summed E-state index contributed by atoms with van der Waals surface area (Å²) in [6.07, 6.45) is -0.320. The van der Waals surface area contributed by atoms with E-state index in [-0.39, 0.29) is 17.8 Å². The van der Waals surface area contributed by atoms with Gasteiger partial charge in [0.25, 0.3) is 0 Å². The molecule has 0 saturated carbocycles. The van der Waals surface area contributed by atoms with Crippen LogP contribution in [0.4, 0.5) is 24.5 Å². The molecular formula is C17H11F3N2O2. The molecule has 0 radical (unpaired) electrons. The number of pyridine rings is 1. The molecule has 3 aromatic rings. The van der Waals surface area contributed by atoms with Gasteiger partial charge in [0.05, 0.1) is 23.3 Å². The van der Waals surface area contributed by atoms with Crippen molar-refractivity contribution >= 4 is 28.2 Å². The second kappa shape index (κ2) is 6.19. The average Bonchev–Trinajstić information content (AvgIpc) is 2.55. The number of benzene rings is 2. The molecule has 1 heterocycles. The van der Waals surface area contributed by atoms with E-state index < -0.39 is 23.4 Å². The molecule has 0 saturated heterocycles. The Morgan fingerprint density at radius 2 is 1.79 bits per heavy atom. The first-order chi connectivity index (χ1) is 11.5. The highest BCUT2D eigenvalue weighted by Crippen LogP contribution is 2.29. The zero-order chi connectivity index (χ0) is 17.3. The predicted molar refractivity (Wildman–Crippen MR) is 82.7 cm³/mol. The van der Waals surface area contributed by atoms with Crippen molar-refractivity contribution in [1.29, 1.82) is 0 Å². The smallest absolute Gasteiger partial charge is 0.309 e. The highest BCUT2D eigenvalue weighted by atomic mass is 19.2. The van der Waals surface area contributed by atoms with Gasteiger partial charge in [0.1, 0.15) is 0 Å². The SMILES string of the molecule is O=C(O)Cc1cc(Nc2ccc(F)c(F)c2F)c2ccccc2n1. The number of para-hydroxylation sites is 1. The van der Waals surface area contributed by atoms with E-state index in [0.717, 1.165) is 12.1 Å². The van der Waals surface area contributed by atoms with Gasteiger partial charge in [-0.25, -0.2) is 13.2 Å². The summed E-state index contributed by atoms with van der Waals surface area (Å²) in [4.78, 5) is 15.1. The normalized spacial score (nSPS) is 10.8. The Morgan fingerprint density at radius 3 is 2.54 bits per heavy atom. The number of rotatable bonds is 4. The van der Waals surface area contributed by atoms with E-state index in [0.29, 0.717) is 16.6 Å². The van der Waals surface area contributed by atoms with Crippen molar-refractivity contribution < 1.29 is 23.1 Å². The second-order valence-electron chi connectivity index (χ2n) is 5.10. The highest BCUT2D eigenvalue weighted by molar-refractivity contribution is 5.93. The topological polar surface area (TPSA) is 62.2 Å². The van der Waals surface area contributed by atoms with Gasteiger partial charge < -0.3 is 10.4 Å². The maximum absolute atomic E-state index is 13.9. The number of nitrogens with zero attached hydrogens (tertiary/aromatic N) is 1. The lowest BCUT2D eigenvalue weighted by atomic mass is 10.1. The van der Waals surface area contributed by atoms with E-state index in [2.05, 4.69) is 10.3 Å². The van der Waals surface area contributed by atoms with E-state index >= 15 is 0 Å². The van der Waals surface area contributed by atoms with Crippen LogP contribution in [0.15, 0.2) is 42.5 Å². The fourth-order valence-corrected chi connectivity index (χ4v) is 2.35. The molecule has 2 N–H and O–H groups in total. The third kappa shape index (κ3) is 3.01. The second-order valence-corrected chi connectivity index (χ2v) is 5.10. The molecule has 0 amide bonds. The van der Waals surface area contributed by atoms with Gasteiger partial charge in [0.2, 0.25) is 0 Å². The minimum atomic E-state index is -1.58. The highest BCUT2D eigenvalue weighted by Gasteiger charge is 2.15. The summed E-state index contributed by atoms with van der Waals surface area (Å²) < 4.78 is 40.3. The number of carboxylic acid groups (broad SMARTS) is 1. The van der Waals surface area contributed by atoms with Gasteiger partial charge >= 0.3 is 5.97 Å². The van der Waals surface area contributed by atoms with Gasteiger partial charge in [-0.1, -0.05) is 18.2 Å². The van der Waals surface area contributed by atoms with Crippen LogP contribution in [0.2, 0.25) is 0 Å². The summed E-state index contributed by atoms with van der Waals surface area (Å²) in [6, 6.07) is 10.1. The van der Waals surface area contributed by atoms with Gasteiger partial charge in [-0.3, -0.25) is 9.78 Å². The zero-order valence-electron chi connectivity index (χ0n) is 12.2. The van der Waals surface area contributed by atoms with Crippen molar-refractivity contribution in [1.82, 2.24) is 4.98 Å². The average molecular weight is 332 g/mol. The third-order valence-corrected chi connectivity index (χ3v) is 3.41. The molecule has 3 rings (SSSR count). The van der Waals surface area contributed by atoms with Gasteiger partial charge in [-0.15, -0.1) is 0 Å². The molecule has 0 spiro atoms. The standard InChI is InChI=1S/C17H11F3N2O2/c18-11-5-6-13(17(20)16(11)19)22-14-7-9(8-15(23)24)21-12-4-2-1-3-10(12)14/h1-7H,8H2,(H,21,22)(H,23,24). The Morgan fingerprint density at radius 1 is 1.04 bits per heavy atom. The van der Waals surface area contributed by atoms with Crippen LogP contribution in [-0.2, 0) is 11.2 Å². The van der Waals surface area contributed by atoms with Crippen molar-refractivity contribution in [2.75, 3.05) is 5.32 Å². The van der Waals surface area contributed by atoms with E-state index in [9.17, 15) is 18.0 Å². The maximum Gasteiger partial charge on any atom is 0.309 e. The summed E-state index contributed by atoms with van der Waals surface area (Å²) in [5.74, 6) is -5.29. The largest absolute Gasteiger partial charge is 0.481 e. The van der Waals surface area contributed by atoms with Gasteiger partial charge in [0.15, 0.2) is 17.5 Å². The van der Waals surface area contributed by atoms with Crippen LogP contribution in [-0.4, -0.2) is 16.1 Å². The van der Waals surface area contributed by atoms with Gasteiger partial charge in [-0.2, -0.15) is 0 Å². The van der Waals surface area contributed by atoms with Gasteiger partial charge in [-0.05, 0) is 24.3 Å². The number of anilines is 2. The van der Waals surface area contributed by atoms with Crippen molar-refractivity contribution in [3.63, 3.8) is 0 Å². The summed E-state index contributed by atoms with van der Waals surface area (Å²) in [7, 11) is 0. The van der Waals surface area contributed by atoms with Crippen LogP contribution in [0, 0.1) is 17.5 Å². The molecule has 0 aliphatic heterocycles. The predicted octanol–water partition coefficient (Wildman–Crippen LogP) is 4.02. The van der Waals surface area contributed by atoms with Crippen molar-refractivity contribution in [2.45, 2.75) is 6.42 Å². The molecule has 0 bridgehead atoms. The first-order valence-corrected chi connectivity index (χ1v) is 6.96. The Balaban J connectivity index is 2.11. The zero-order valence-corrected chi connectivity index (χ0v) is 12.2. The Hall–Kier alpha value is -3.09. The Bertz CT molecular complexity index is 945. The lowest BCUT2D eigenvalue weighted by molar-refractivity contribution is -0.136. The molecule has 122 valence electrons. The van der Waals surface area contributed by atoms with E-state index in [1.54, 1.807) is 24.3 Å². The molecule has 4 nitrogen and oxygen atoms in total. The number of halogens is 3. The van der Waals surface area contributed by atoms with Crippen LogP contribution in [0.3, 0.4) is 0 Å². The van der Waals surface area contributed by atoms with Crippen molar-refractivity contribution in [2.24, 2.45) is 0 Å². The van der Waals surface area contributed by atoms with E-state index in [1.807, 2.05) is 0 Å². The molecule has 0 atom stereocenters. The van der Waals surface area contributed by atoms with Crippen LogP contribution < -0.4 is 5.32 Å². The molecule has 0 unspecified atom stereocenters. The van der Waals surface area contributed by atoms with E-state index in [1.165, 1.54) is 6.07 Å². The number of aliphatic carboxylic acids is 1. The number of hydrogen-bond donors (Lipinski definition) is 2. The Kier molecular flexibility index (Phi) is 4.07. The first-order valence-electron chi connectivity index (χ1n) is 6.96. The molecule has 0 fully saturated rings. The molecule has 24 heavy (non-hydrogen) atoms. The molecule has 0 aliphatic rings. The van der Waals surface area contributed by atoms with Crippen molar-refractivity contribution in [3.05, 3.63) is 65.6 Å². The number of aromatic nitrogens is 1. The molecule has 1 aromatic heterocycles. The van der Waals surface area contributed by atoms with Crippen LogP contribution >= 0.6 is 0 Å². The van der Waals surface area contributed by atoms with Crippen molar-refractivity contribution in [3.8, 4) is 0 Å². The number of nitrogens with one attached hydrogen (secondary N) is 1. The van der Waals surface area contributed by atoms with Crippen LogP contribution in [0.1, 0.15) is 5.69 Å². The monoisotopic (exact) mass is 332 g/mol. The van der Waals surface area contributed by atoms with Gasteiger partial charge in [0, 0.05) is 11.1 Å². The quantitative estimate of drug-likeness (QED) is 0.708. The lowest BCUT2D eigenvalue weighted by Crippen LogP contribution is -2.05. The minimum absolute atomic E-state index is 0.256. The molecule has 0 aliphatic carbocycles. The summed E-state index contributed by atoms with van der Waals surface area (Å²) >= 11 is 0. The van der Waals surface area contributed by atoms with E-state index in [4.69, 9.17) is 5.11 Å².